The van der Waals surface area contributed by atoms with Crippen LogP contribution in [0, 0.1) is 11.3 Å². The van der Waals surface area contributed by atoms with Crippen molar-refractivity contribution in [3.8, 4) is 17.2 Å². The molecular formula is C26H17F3N4O5. The van der Waals surface area contributed by atoms with Crippen LogP contribution in [0.15, 0.2) is 59.1 Å². The lowest BCUT2D eigenvalue weighted by atomic mass is 9.96. The molecule has 1 aromatic heterocycles. The number of benzene rings is 3. The molecule has 0 radical (unpaired) electrons. The van der Waals surface area contributed by atoms with Gasteiger partial charge in [0.05, 0.1) is 33.8 Å². The zero-order valence-corrected chi connectivity index (χ0v) is 19.8. The second-order valence-corrected chi connectivity index (χ2v) is 8.18. The van der Waals surface area contributed by atoms with Crippen molar-refractivity contribution in [2.75, 3.05) is 17.3 Å². The van der Waals surface area contributed by atoms with Crippen LogP contribution >= 0.6 is 0 Å². The Bertz CT molecular complexity index is 1640. The number of rotatable bonds is 5. The van der Waals surface area contributed by atoms with Crippen LogP contribution in [0.5, 0.6) is 0 Å². The summed E-state index contributed by atoms with van der Waals surface area (Å²) in [5, 5.41) is 24.1. The standard InChI is InChI=1S/C26H17F3N4O5/c1-13(34)33(2)16-6-4-15(5-7-16)17-11-22-19(10-20(17)26(27,28)29)23(32-38-22)24(35)31-21-8-3-14(12-30)9-18(21)25(36)37/h3-11H,1-2H3,(H,31,35)(H,36,37). The van der Waals surface area contributed by atoms with E-state index in [2.05, 4.69) is 10.5 Å². The van der Waals surface area contributed by atoms with Gasteiger partial charge in [0.1, 0.15) is 0 Å². The Hall–Kier alpha value is -5.18. The summed E-state index contributed by atoms with van der Waals surface area (Å²) in [7, 11) is 1.53. The predicted octanol–water partition coefficient (Wildman–Crippen LogP) is 5.32. The van der Waals surface area contributed by atoms with Crippen molar-refractivity contribution in [3.63, 3.8) is 0 Å². The molecule has 0 aliphatic rings. The zero-order valence-electron chi connectivity index (χ0n) is 19.8. The first-order valence-electron chi connectivity index (χ1n) is 10.8. The average molecular weight is 522 g/mol. The first-order valence-corrected chi connectivity index (χ1v) is 10.8. The van der Waals surface area contributed by atoms with E-state index >= 15 is 0 Å². The number of carbonyl (C=O) groups is 3. The fourth-order valence-corrected chi connectivity index (χ4v) is 3.75. The predicted molar refractivity (Wildman–Crippen MR) is 130 cm³/mol. The number of nitrogens with zero attached hydrogens (tertiary/aromatic N) is 3. The Morgan fingerprint density at radius 2 is 1.76 bits per heavy atom. The maximum atomic E-state index is 14.1. The Balaban J connectivity index is 1.76. The molecule has 0 bridgehead atoms. The molecule has 0 fully saturated rings. The van der Waals surface area contributed by atoms with Gasteiger partial charge < -0.3 is 19.8 Å². The van der Waals surface area contributed by atoms with Crippen molar-refractivity contribution in [3.05, 3.63) is 77.0 Å². The van der Waals surface area contributed by atoms with E-state index < -0.39 is 29.3 Å². The van der Waals surface area contributed by atoms with Crippen molar-refractivity contribution in [1.29, 1.82) is 5.26 Å². The van der Waals surface area contributed by atoms with E-state index in [-0.39, 0.29) is 44.8 Å². The van der Waals surface area contributed by atoms with Crippen molar-refractivity contribution in [2.45, 2.75) is 13.1 Å². The van der Waals surface area contributed by atoms with E-state index in [9.17, 15) is 32.7 Å². The summed E-state index contributed by atoms with van der Waals surface area (Å²) < 4.78 is 47.4. The summed E-state index contributed by atoms with van der Waals surface area (Å²) in [6.07, 6.45) is -4.81. The number of amides is 2. The molecule has 0 saturated heterocycles. The van der Waals surface area contributed by atoms with Crippen LogP contribution in [0.4, 0.5) is 24.5 Å². The van der Waals surface area contributed by atoms with E-state index in [1.807, 2.05) is 0 Å². The molecule has 192 valence electrons. The molecule has 0 spiro atoms. The second kappa shape index (κ2) is 9.70. The van der Waals surface area contributed by atoms with Crippen molar-refractivity contribution >= 4 is 40.1 Å². The summed E-state index contributed by atoms with van der Waals surface area (Å²) in [5.41, 5.74) is -1.75. The molecule has 4 aromatic rings. The largest absolute Gasteiger partial charge is 0.478 e. The van der Waals surface area contributed by atoms with E-state index in [4.69, 9.17) is 9.78 Å². The van der Waals surface area contributed by atoms with Crippen molar-refractivity contribution in [2.24, 2.45) is 0 Å². The number of aromatic carboxylic acids is 1. The highest BCUT2D eigenvalue weighted by Crippen LogP contribution is 2.40. The molecular weight excluding hydrogens is 505 g/mol. The summed E-state index contributed by atoms with van der Waals surface area (Å²) in [6.45, 7) is 1.35. The third kappa shape index (κ3) is 4.90. The summed E-state index contributed by atoms with van der Waals surface area (Å²) in [5.74, 6) is -2.68. The van der Waals surface area contributed by atoms with E-state index in [1.165, 1.54) is 55.3 Å². The third-order valence-electron chi connectivity index (χ3n) is 5.80. The van der Waals surface area contributed by atoms with Gasteiger partial charge in [-0.25, -0.2) is 4.79 Å². The van der Waals surface area contributed by atoms with Gasteiger partial charge in [0, 0.05) is 19.7 Å². The molecule has 2 N–H and O–H groups in total. The van der Waals surface area contributed by atoms with Crippen LogP contribution < -0.4 is 10.2 Å². The van der Waals surface area contributed by atoms with Gasteiger partial charge in [-0.1, -0.05) is 17.3 Å². The van der Waals surface area contributed by atoms with Gasteiger partial charge in [0.2, 0.25) is 5.91 Å². The summed E-state index contributed by atoms with van der Waals surface area (Å²) >= 11 is 0. The van der Waals surface area contributed by atoms with E-state index in [1.54, 1.807) is 6.07 Å². The van der Waals surface area contributed by atoms with Gasteiger partial charge in [0.15, 0.2) is 11.3 Å². The quantitative estimate of drug-likeness (QED) is 0.362. The molecule has 9 nitrogen and oxygen atoms in total. The monoisotopic (exact) mass is 522 g/mol. The third-order valence-corrected chi connectivity index (χ3v) is 5.80. The highest BCUT2D eigenvalue weighted by Gasteiger charge is 2.35. The van der Waals surface area contributed by atoms with Crippen LogP contribution in [-0.4, -0.2) is 35.1 Å². The second-order valence-electron chi connectivity index (χ2n) is 8.18. The maximum absolute atomic E-state index is 14.1. The van der Waals surface area contributed by atoms with Crippen LogP contribution in [-0.2, 0) is 11.0 Å². The van der Waals surface area contributed by atoms with Crippen LogP contribution in [0.3, 0.4) is 0 Å². The van der Waals surface area contributed by atoms with Gasteiger partial charge in [-0.2, -0.15) is 18.4 Å². The van der Waals surface area contributed by atoms with Gasteiger partial charge in [-0.15, -0.1) is 0 Å². The first-order chi connectivity index (χ1) is 17.9. The number of anilines is 2. The number of nitriles is 1. The normalized spacial score (nSPS) is 11.2. The van der Waals surface area contributed by atoms with Crippen molar-refractivity contribution in [1.82, 2.24) is 5.16 Å². The lowest BCUT2D eigenvalue weighted by molar-refractivity contribution is -0.137. The minimum atomic E-state index is -4.81. The minimum Gasteiger partial charge on any atom is -0.478 e. The number of carboxylic acids is 1. The summed E-state index contributed by atoms with van der Waals surface area (Å²) in [4.78, 5) is 37.3. The minimum absolute atomic E-state index is 0.0376. The maximum Gasteiger partial charge on any atom is 0.417 e. The molecule has 4 rings (SSSR count). The lowest BCUT2D eigenvalue weighted by Crippen LogP contribution is -2.22. The Morgan fingerprint density at radius 3 is 2.34 bits per heavy atom. The number of hydrogen-bond donors (Lipinski definition) is 2. The number of hydrogen-bond acceptors (Lipinski definition) is 6. The highest BCUT2D eigenvalue weighted by molar-refractivity contribution is 6.13. The van der Waals surface area contributed by atoms with E-state index in [0.717, 1.165) is 18.2 Å². The Morgan fingerprint density at radius 1 is 1.08 bits per heavy atom. The molecule has 38 heavy (non-hydrogen) atoms. The molecule has 0 unspecified atom stereocenters. The highest BCUT2D eigenvalue weighted by atomic mass is 19.4. The number of carboxylic acid groups (broad SMARTS) is 1. The van der Waals surface area contributed by atoms with E-state index in [0.29, 0.717) is 5.69 Å². The number of alkyl halides is 3. The fourth-order valence-electron chi connectivity index (χ4n) is 3.75. The molecule has 0 saturated carbocycles. The molecule has 1 heterocycles. The molecule has 0 aliphatic heterocycles. The van der Waals surface area contributed by atoms with Crippen LogP contribution in [0.1, 0.15) is 38.9 Å². The fraction of sp³-hybridized carbons (Fsp3) is 0.115. The topological polar surface area (TPSA) is 137 Å². The number of carbonyl (C=O) groups excluding carboxylic acids is 2. The first kappa shape index (κ1) is 25.9. The Labute approximate surface area is 212 Å². The molecule has 3 aromatic carbocycles. The number of aromatic nitrogens is 1. The van der Waals surface area contributed by atoms with Gasteiger partial charge >= 0.3 is 12.1 Å². The zero-order chi connectivity index (χ0) is 27.8. The van der Waals surface area contributed by atoms with Crippen LogP contribution in [0.2, 0.25) is 0 Å². The average Bonchev–Trinajstić information content (AvgIpc) is 3.30. The Kier molecular flexibility index (Phi) is 6.61. The van der Waals surface area contributed by atoms with Crippen LogP contribution in [0.25, 0.3) is 22.1 Å². The molecule has 0 aliphatic carbocycles. The summed E-state index contributed by atoms with van der Waals surface area (Å²) in [6, 6.07) is 13.0. The molecule has 12 heteroatoms. The number of fused-ring (bicyclic) bond motifs is 1. The van der Waals surface area contributed by atoms with Gasteiger partial charge in [-0.3, -0.25) is 9.59 Å². The smallest absolute Gasteiger partial charge is 0.417 e. The van der Waals surface area contributed by atoms with Gasteiger partial charge in [0.25, 0.3) is 5.91 Å². The number of nitrogens with one attached hydrogen (secondary N) is 1. The molecule has 2 amide bonds. The van der Waals surface area contributed by atoms with Crippen molar-refractivity contribution < 1.29 is 37.2 Å². The number of halogens is 3. The molecule has 0 atom stereocenters. The lowest BCUT2D eigenvalue weighted by Gasteiger charge is -2.17. The van der Waals surface area contributed by atoms with Gasteiger partial charge in [-0.05, 0) is 53.6 Å². The SMILES string of the molecule is CC(=O)N(C)c1ccc(-c2cc3onc(C(=O)Nc4ccc(C#N)cc4C(=O)O)c3cc2C(F)(F)F)cc1.